The molecule has 16 heavy (non-hydrogen) atoms. The van der Waals surface area contributed by atoms with Crippen molar-refractivity contribution in [3.63, 3.8) is 0 Å². The lowest BCUT2D eigenvalue weighted by Crippen LogP contribution is -2.18. The summed E-state index contributed by atoms with van der Waals surface area (Å²) in [5.41, 5.74) is 0. The molecule has 1 heterocycles. The molecule has 0 amide bonds. The van der Waals surface area contributed by atoms with Gasteiger partial charge in [-0.15, -0.1) is 11.3 Å². The van der Waals surface area contributed by atoms with E-state index in [0.717, 1.165) is 4.88 Å². The van der Waals surface area contributed by atoms with Crippen LogP contribution in [0.15, 0.2) is 17.5 Å². The van der Waals surface area contributed by atoms with Crippen LogP contribution in [0.4, 0.5) is 0 Å². The summed E-state index contributed by atoms with van der Waals surface area (Å²) in [6, 6.07) is 3.69. The van der Waals surface area contributed by atoms with Crippen LogP contribution in [0.5, 0.6) is 0 Å². The molecule has 0 aliphatic carbocycles. The van der Waals surface area contributed by atoms with Crippen molar-refractivity contribution in [3.8, 4) is 0 Å². The van der Waals surface area contributed by atoms with E-state index < -0.39 is 18.5 Å². The van der Waals surface area contributed by atoms with E-state index in [2.05, 4.69) is 0 Å². The van der Waals surface area contributed by atoms with Gasteiger partial charge in [-0.25, -0.2) is 0 Å². The quantitative estimate of drug-likeness (QED) is 0.581. The highest BCUT2D eigenvalue weighted by molar-refractivity contribution is 7.41. The monoisotopic (exact) mass is 322 g/mol. The van der Waals surface area contributed by atoms with E-state index in [1.54, 1.807) is 0 Å². The van der Waals surface area contributed by atoms with Crippen molar-refractivity contribution in [2.75, 3.05) is 14.2 Å². The summed E-state index contributed by atoms with van der Waals surface area (Å²) in [7, 11) is 1.43. The summed E-state index contributed by atoms with van der Waals surface area (Å²) in [5, 5.41) is 1.88. The number of hydrogen-bond donors (Lipinski definition) is 0. The predicted molar refractivity (Wildman–Crippen MR) is 69.4 cm³/mol. The standard InChI is InChI=1S/C8H10Cl3O3PS/c1-12-15(13-2)14-7(8(9,10)11)6-4-3-5-16-6/h3-5,7H,1-2H3. The molecule has 0 fully saturated rings. The number of rotatable bonds is 5. The zero-order chi connectivity index (χ0) is 12.2. The third kappa shape index (κ3) is 4.28. The second-order valence-electron chi connectivity index (χ2n) is 2.63. The minimum atomic E-state index is -1.57. The molecule has 0 spiro atoms. The molecule has 0 aliphatic rings. The highest BCUT2D eigenvalue weighted by Gasteiger charge is 2.38. The lowest BCUT2D eigenvalue weighted by molar-refractivity contribution is 0.150. The van der Waals surface area contributed by atoms with Crippen LogP contribution >= 0.6 is 54.7 Å². The van der Waals surface area contributed by atoms with Gasteiger partial charge in [0, 0.05) is 19.1 Å². The Hall–Kier alpha value is 0.880. The molecule has 1 rings (SSSR count). The molecular formula is C8H10Cl3O3PS. The largest absolute Gasteiger partial charge is 0.332 e. The lowest BCUT2D eigenvalue weighted by Gasteiger charge is -2.25. The SMILES string of the molecule is COP(OC)OC(c1cccs1)C(Cl)(Cl)Cl. The summed E-state index contributed by atoms with van der Waals surface area (Å²) in [6.45, 7) is 0. The smallest absolute Gasteiger partial charge is 0.316 e. The number of halogens is 3. The Morgan fingerprint density at radius 1 is 1.31 bits per heavy atom. The van der Waals surface area contributed by atoms with Gasteiger partial charge in [-0.05, 0) is 11.4 Å². The highest BCUT2D eigenvalue weighted by atomic mass is 35.6. The molecule has 1 unspecified atom stereocenters. The summed E-state index contributed by atoms with van der Waals surface area (Å²) in [5.74, 6) is 0. The zero-order valence-electron chi connectivity index (χ0n) is 8.52. The van der Waals surface area contributed by atoms with Gasteiger partial charge in [-0.2, -0.15) is 0 Å². The molecule has 0 bridgehead atoms. The lowest BCUT2D eigenvalue weighted by atomic mass is 10.3. The molecule has 0 saturated heterocycles. The molecule has 1 aromatic rings. The van der Waals surface area contributed by atoms with Gasteiger partial charge in [-0.1, -0.05) is 40.9 Å². The van der Waals surface area contributed by atoms with E-state index in [0.29, 0.717) is 0 Å². The van der Waals surface area contributed by atoms with Crippen LogP contribution in [-0.4, -0.2) is 18.0 Å². The normalized spacial score (nSPS) is 14.4. The van der Waals surface area contributed by atoms with Crippen LogP contribution in [0.3, 0.4) is 0 Å². The molecule has 0 aromatic carbocycles. The molecule has 0 saturated carbocycles. The minimum absolute atomic E-state index is 0.705. The second kappa shape index (κ2) is 6.72. The first-order valence-electron chi connectivity index (χ1n) is 4.14. The van der Waals surface area contributed by atoms with E-state index in [9.17, 15) is 0 Å². The maximum atomic E-state index is 5.86. The number of alkyl halides is 3. The molecule has 0 N–H and O–H groups in total. The maximum Gasteiger partial charge on any atom is 0.332 e. The van der Waals surface area contributed by atoms with E-state index in [1.807, 2.05) is 17.5 Å². The van der Waals surface area contributed by atoms with Crippen molar-refractivity contribution < 1.29 is 13.6 Å². The molecule has 1 aromatic heterocycles. The van der Waals surface area contributed by atoms with Gasteiger partial charge < -0.3 is 9.05 Å². The number of hydrogen-bond acceptors (Lipinski definition) is 4. The maximum absolute atomic E-state index is 5.86. The van der Waals surface area contributed by atoms with Crippen LogP contribution < -0.4 is 0 Å². The third-order valence-corrected chi connectivity index (χ3v) is 4.08. The average molecular weight is 324 g/mol. The predicted octanol–water partition coefficient (Wildman–Crippen LogP) is 4.70. The number of thiophene rings is 1. The first-order chi connectivity index (χ1) is 7.49. The summed E-state index contributed by atoms with van der Waals surface area (Å²) in [6.07, 6.45) is -0.705. The molecule has 1 atom stereocenters. The Morgan fingerprint density at radius 3 is 2.31 bits per heavy atom. The van der Waals surface area contributed by atoms with Crippen molar-refractivity contribution in [1.29, 1.82) is 0 Å². The fourth-order valence-electron chi connectivity index (χ4n) is 0.960. The van der Waals surface area contributed by atoms with Gasteiger partial charge in [0.1, 0.15) is 6.10 Å². The fraction of sp³-hybridized carbons (Fsp3) is 0.500. The molecule has 92 valence electrons. The average Bonchev–Trinajstić information content (AvgIpc) is 2.70. The molecular weight excluding hydrogens is 313 g/mol. The molecule has 3 nitrogen and oxygen atoms in total. The van der Waals surface area contributed by atoms with Crippen LogP contribution in [0.1, 0.15) is 11.0 Å². The van der Waals surface area contributed by atoms with Gasteiger partial charge >= 0.3 is 8.60 Å². The summed E-state index contributed by atoms with van der Waals surface area (Å²) >= 11 is 19.0. The first kappa shape index (κ1) is 14.9. The van der Waals surface area contributed by atoms with Gasteiger partial charge in [-0.3, -0.25) is 4.52 Å². The Morgan fingerprint density at radius 2 is 1.94 bits per heavy atom. The van der Waals surface area contributed by atoms with Crippen LogP contribution in [0.25, 0.3) is 0 Å². The van der Waals surface area contributed by atoms with Crippen molar-refractivity contribution in [3.05, 3.63) is 22.4 Å². The van der Waals surface area contributed by atoms with Crippen molar-refractivity contribution in [1.82, 2.24) is 0 Å². The Bertz CT molecular complexity index is 300. The Kier molecular flexibility index (Phi) is 6.27. The Balaban J connectivity index is 2.81. The van der Waals surface area contributed by atoms with Crippen LogP contribution in [0, 0.1) is 0 Å². The molecule has 0 radical (unpaired) electrons. The first-order valence-corrected chi connectivity index (χ1v) is 7.25. The van der Waals surface area contributed by atoms with Crippen LogP contribution in [-0.2, 0) is 13.6 Å². The van der Waals surface area contributed by atoms with E-state index in [-0.39, 0.29) is 0 Å². The van der Waals surface area contributed by atoms with Gasteiger partial charge in [0.15, 0.2) is 0 Å². The van der Waals surface area contributed by atoms with Gasteiger partial charge in [0.2, 0.25) is 3.79 Å². The van der Waals surface area contributed by atoms with Crippen molar-refractivity contribution >= 4 is 54.7 Å². The topological polar surface area (TPSA) is 27.7 Å². The Labute approximate surface area is 115 Å². The van der Waals surface area contributed by atoms with E-state index >= 15 is 0 Å². The second-order valence-corrected chi connectivity index (χ2v) is 7.37. The van der Waals surface area contributed by atoms with Crippen molar-refractivity contribution in [2.45, 2.75) is 9.90 Å². The summed E-state index contributed by atoms with van der Waals surface area (Å²) in [4.78, 5) is 0.807. The van der Waals surface area contributed by atoms with E-state index in [1.165, 1.54) is 25.6 Å². The van der Waals surface area contributed by atoms with Crippen molar-refractivity contribution in [2.24, 2.45) is 0 Å². The third-order valence-electron chi connectivity index (χ3n) is 1.59. The van der Waals surface area contributed by atoms with Crippen LogP contribution in [0.2, 0.25) is 0 Å². The zero-order valence-corrected chi connectivity index (χ0v) is 12.5. The fourth-order valence-corrected chi connectivity index (χ4v) is 3.48. The molecule has 0 aliphatic heterocycles. The van der Waals surface area contributed by atoms with E-state index in [4.69, 9.17) is 48.4 Å². The molecule has 8 heteroatoms. The summed E-state index contributed by atoms with van der Waals surface area (Å²) < 4.78 is 13.9. The van der Waals surface area contributed by atoms with Gasteiger partial charge in [0.05, 0.1) is 0 Å². The highest BCUT2D eigenvalue weighted by Crippen LogP contribution is 2.52. The van der Waals surface area contributed by atoms with Gasteiger partial charge in [0.25, 0.3) is 0 Å². The minimum Gasteiger partial charge on any atom is -0.316 e.